The normalized spacial score (nSPS) is 15.3. The van der Waals surface area contributed by atoms with E-state index in [2.05, 4.69) is 4.98 Å². The Labute approximate surface area is 160 Å². The molecule has 2 heterocycles. The lowest BCUT2D eigenvalue weighted by Gasteiger charge is -2.18. The van der Waals surface area contributed by atoms with E-state index in [-0.39, 0.29) is 5.78 Å². The van der Waals surface area contributed by atoms with Crippen molar-refractivity contribution in [3.63, 3.8) is 0 Å². The first-order valence-electron chi connectivity index (χ1n) is 8.41. The lowest BCUT2D eigenvalue weighted by atomic mass is 9.86. The molecule has 2 aromatic heterocycles. The van der Waals surface area contributed by atoms with Crippen molar-refractivity contribution in [1.29, 1.82) is 0 Å². The van der Waals surface area contributed by atoms with Crippen LogP contribution in [0.2, 0.25) is 4.34 Å². The van der Waals surface area contributed by atoms with Crippen LogP contribution in [0.1, 0.15) is 27.2 Å². The molecule has 0 fully saturated rings. The summed E-state index contributed by atoms with van der Waals surface area (Å²) in [5.41, 5.74) is 2.66. The van der Waals surface area contributed by atoms with Gasteiger partial charge in [0.2, 0.25) is 0 Å². The van der Waals surface area contributed by atoms with E-state index in [9.17, 15) is 4.79 Å². The van der Waals surface area contributed by atoms with E-state index in [1.54, 1.807) is 12.5 Å². The molecule has 6 heteroatoms. The van der Waals surface area contributed by atoms with Gasteiger partial charge in [0, 0.05) is 28.4 Å². The molecular weight excluding hydrogens is 368 g/mol. The summed E-state index contributed by atoms with van der Waals surface area (Å²) in [6, 6.07) is 9.53. The fourth-order valence-corrected chi connectivity index (χ4v) is 4.08. The monoisotopic (exact) mass is 384 g/mol. The Hall–Kier alpha value is -2.37. The molecule has 0 spiro atoms. The summed E-state index contributed by atoms with van der Waals surface area (Å²) in [5.74, 6) is 0.898. The summed E-state index contributed by atoms with van der Waals surface area (Å²) in [6.45, 7) is 1.31. The lowest BCUT2D eigenvalue weighted by Crippen LogP contribution is -2.14. The Morgan fingerprint density at radius 1 is 1.27 bits per heavy atom. The highest BCUT2D eigenvalue weighted by atomic mass is 35.5. The first-order valence-corrected chi connectivity index (χ1v) is 9.60. The molecule has 0 atom stereocenters. The summed E-state index contributed by atoms with van der Waals surface area (Å²) in [5, 5.41) is 0. The molecule has 1 aliphatic carbocycles. The Morgan fingerprint density at radius 2 is 2.19 bits per heavy atom. The van der Waals surface area contributed by atoms with Crippen molar-refractivity contribution in [2.75, 3.05) is 6.61 Å². The van der Waals surface area contributed by atoms with E-state index in [4.69, 9.17) is 16.3 Å². The molecule has 0 saturated carbocycles. The van der Waals surface area contributed by atoms with Crippen molar-refractivity contribution >= 4 is 34.8 Å². The van der Waals surface area contributed by atoms with Gasteiger partial charge < -0.3 is 9.30 Å². The zero-order valence-electron chi connectivity index (χ0n) is 14.0. The third kappa shape index (κ3) is 3.74. The minimum atomic E-state index is 0.0979. The van der Waals surface area contributed by atoms with Gasteiger partial charge in [-0.2, -0.15) is 0 Å². The van der Waals surface area contributed by atoms with Gasteiger partial charge in [-0.15, -0.1) is 11.3 Å². The van der Waals surface area contributed by atoms with Crippen LogP contribution in [0.4, 0.5) is 0 Å². The van der Waals surface area contributed by atoms with Crippen molar-refractivity contribution in [3.05, 3.63) is 75.0 Å². The molecule has 1 aromatic carbocycles. The number of halogens is 1. The minimum absolute atomic E-state index is 0.0979. The molecule has 0 bridgehead atoms. The molecule has 0 aliphatic heterocycles. The fraction of sp³-hybridized carbons (Fsp3) is 0.200. The molecule has 0 saturated heterocycles. The van der Waals surface area contributed by atoms with Gasteiger partial charge in [-0.1, -0.05) is 11.6 Å². The smallest absolute Gasteiger partial charge is 0.189 e. The average molecular weight is 385 g/mol. The second-order valence-corrected chi connectivity index (χ2v) is 7.86. The number of ether oxygens (including phenoxy) is 1. The highest BCUT2D eigenvalue weighted by Gasteiger charge is 2.22. The highest BCUT2D eigenvalue weighted by Crippen LogP contribution is 2.31. The van der Waals surface area contributed by atoms with Gasteiger partial charge in [-0.3, -0.25) is 4.79 Å². The molecule has 0 amide bonds. The SMILES string of the molecule is O=C1/C(=C\c2ccc(Cl)s2)CCc2cc(OCCn3ccnc3)ccc21. The summed E-state index contributed by atoms with van der Waals surface area (Å²) in [7, 11) is 0. The number of aromatic nitrogens is 2. The number of rotatable bonds is 5. The maximum Gasteiger partial charge on any atom is 0.189 e. The van der Waals surface area contributed by atoms with E-state index in [1.807, 2.05) is 47.2 Å². The number of nitrogens with zero attached hydrogens (tertiary/aromatic N) is 2. The van der Waals surface area contributed by atoms with Crippen molar-refractivity contribution in [2.24, 2.45) is 0 Å². The molecule has 4 rings (SSSR count). The zero-order valence-corrected chi connectivity index (χ0v) is 15.6. The Bertz CT molecular complexity index is 960. The van der Waals surface area contributed by atoms with E-state index in [0.29, 0.717) is 6.61 Å². The number of imidazole rings is 1. The Morgan fingerprint density at radius 3 is 2.96 bits per heavy atom. The van der Waals surface area contributed by atoms with Gasteiger partial charge in [0.15, 0.2) is 5.78 Å². The van der Waals surface area contributed by atoms with Gasteiger partial charge in [0.1, 0.15) is 12.4 Å². The van der Waals surface area contributed by atoms with Crippen molar-refractivity contribution in [1.82, 2.24) is 9.55 Å². The average Bonchev–Trinajstić information content (AvgIpc) is 3.29. The predicted molar refractivity (Wildman–Crippen MR) is 104 cm³/mol. The Kier molecular flexibility index (Phi) is 4.91. The molecular formula is C20H17ClN2O2S. The molecule has 0 unspecified atom stereocenters. The number of hydrogen-bond donors (Lipinski definition) is 0. The molecule has 1 aliphatic rings. The first-order chi connectivity index (χ1) is 12.7. The molecule has 26 heavy (non-hydrogen) atoms. The van der Waals surface area contributed by atoms with Crippen LogP contribution in [0, 0.1) is 0 Å². The van der Waals surface area contributed by atoms with Gasteiger partial charge in [0.05, 0.1) is 17.2 Å². The number of carbonyl (C=O) groups excluding carboxylic acids is 1. The van der Waals surface area contributed by atoms with Crippen LogP contribution in [-0.2, 0) is 13.0 Å². The summed E-state index contributed by atoms with van der Waals surface area (Å²) >= 11 is 7.46. The zero-order chi connectivity index (χ0) is 17.9. The summed E-state index contributed by atoms with van der Waals surface area (Å²) in [4.78, 5) is 17.8. The van der Waals surface area contributed by atoms with E-state index >= 15 is 0 Å². The maximum atomic E-state index is 12.8. The van der Waals surface area contributed by atoms with Gasteiger partial charge >= 0.3 is 0 Å². The lowest BCUT2D eigenvalue weighted by molar-refractivity contribution is 0.102. The third-order valence-electron chi connectivity index (χ3n) is 4.36. The van der Waals surface area contributed by atoms with Crippen molar-refractivity contribution in [3.8, 4) is 5.75 Å². The topological polar surface area (TPSA) is 44.1 Å². The van der Waals surface area contributed by atoms with Crippen LogP contribution in [0.5, 0.6) is 5.75 Å². The molecule has 0 radical (unpaired) electrons. The minimum Gasteiger partial charge on any atom is -0.492 e. The van der Waals surface area contributed by atoms with E-state index in [1.165, 1.54) is 11.3 Å². The van der Waals surface area contributed by atoms with Gasteiger partial charge in [-0.25, -0.2) is 4.98 Å². The largest absolute Gasteiger partial charge is 0.492 e. The van der Waals surface area contributed by atoms with Crippen LogP contribution >= 0.6 is 22.9 Å². The quantitative estimate of drug-likeness (QED) is 0.588. The molecule has 132 valence electrons. The van der Waals surface area contributed by atoms with Crippen molar-refractivity contribution in [2.45, 2.75) is 19.4 Å². The van der Waals surface area contributed by atoms with Crippen LogP contribution < -0.4 is 4.74 Å². The van der Waals surface area contributed by atoms with Crippen molar-refractivity contribution < 1.29 is 9.53 Å². The number of Topliss-reactive ketones (excluding diaryl/α,β-unsaturated/α-hetero) is 1. The van der Waals surface area contributed by atoms with Gasteiger partial charge in [0.25, 0.3) is 0 Å². The second-order valence-electron chi connectivity index (χ2n) is 6.11. The van der Waals surface area contributed by atoms with Crippen LogP contribution in [0.15, 0.2) is 54.6 Å². The number of thiophene rings is 1. The highest BCUT2D eigenvalue weighted by molar-refractivity contribution is 7.17. The van der Waals surface area contributed by atoms with Gasteiger partial charge in [-0.05, 0) is 54.8 Å². The van der Waals surface area contributed by atoms with Crippen LogP contribution in [-0.4, -0.2) is 21.9 Å². The van der Waals surface area contributed by atoms with E-state index in [0.717, 1.165) is 51.0 Å². The van der Waals surface area contributed by atoms with E-state index < -0.39 is 0 Å². The number of aryl methyl sites for hydroxylation is 1. The summed E-state index contributed by atoms with van der Waals surface area (Å²) < 4.78 is 8.52. The molecule has 4 nitrogen and oxygen atoms in total. The number of hydrogen-bond acceptors (Lipinski definition) is 4. The maximum absolute atomic E-state index is 12.8. The predicted octanol–water partition coefficient (Wildman–Crippen LogP) is 4.89. The number of allylic oxidation sites excluding steroid dienone is 1. The number of fused-ring (bicyclic) bond motifs is 1. The summed E-state index contributed by atoms with van der Waals surface area (Å²) in [6.07, 6.45) is 8.95. The number of ketones is 1. The van der Waals surface area contributed by atoms with Crippen LogP contribution in [0.25, 0.3) is 6.08 Å². The molecule has 0 N–H and O–H groups in total. The Balaban J connectivity index is 1.46. The standard InChI is InChI=1S/C20H17ClN2O2S/c21-19-6-4-17(26-19)12-15-2-1-14-11-16(3-5-18(14)20(15)24)25-10-9-23-8-7-22-13-23/h3-8,11-13H,1-2,9-10H2/b15-12-. The fourth-order valence-electron chi connectivity index (χ4n) is 3.05. The molecule has 3 aromatic rings. The number of carbonyl (C=O) groups is 1. The second kappa shape index (κ2) is 7.48. The third-order valence-corrected chi connectivity index (χ3v) is 5.54. The van der Waals surface area contributed by atoms with Crippen LogP contribution in [0.3, 0.4) is 0 Å². The number of benzene rings is 1. The first kappa shape index (κ1) is 17.1.